The summed E-state index contributed by atoms with van der Waals surface area (Å²) in [4.78, 5) is 12.2. The predicted molar refractivity (Wildman–Crippen MR) is 92.5 cm³/mol. The lowest BCUT2D eigenvalue weighted by Crippen LogP contribution is -2.28. The van der Waals surface area contributed by atoms with Crippen LogP contribution in [0.4, 0.5) is 0 Å². The van der Waals surface area contributed by atoms with Crippen molar-refractivity contribution in [2.24, 2.45) is 0 Å². The average Bonchev–Trinajstić information content (AvgIpc) is 2.59. The third-order valence-corrected chi connectivity index (χ3v) is 5.12. The van der Waals surface area contributed by atoms with Crippen molar-refractivity contribution in [3.63, 3.8) is 0 Å². The molecule has 1 N–H and O–H groups in total. The summed E-state index contributed by atoms with van der Waals surface area (Å²) in [7, 11) is 0. The van der Waals surface area contributed by atoms with Gasteiger partial charge in [-0.25, -0.2) is 4.79 Å². The summed E-state index contributed by atoms with van der Waals surface area (Å²) in [6, 6.07) is 8.82. The maximum absolute atomic E-state index is 11.8. The molecule has 128 valence electrons. The van der Waals surface area contributed by atoms with Gasteiger partial charge in [0, 0.05) is 11.4 Å². The Balaban J connectivity index is 1.55. The Morgan fingerprint density at radius 3 is 2.61 bits per heavy atom. The number of aliphatic hydroxyl groups excluding tert-OH is 1. The second kappa shape index (κ2) is 10.1. The van der Waals surface area contributed by atoms with Crippen molar-refractivity contribution in [1.29, 1.82) is 0 Å². The van der Waals surface area contributed by atoms with E-state index >= 15 is 0 Å². The van der Waals surface area contributed by atoms with Crippen LogP contribution in [0.2, 0.25) is 0 Å². The van der Waals surface area contributed by atoms with Gasteiger partial charge in [0.2, 0.25) is 0 Å². The molecule has 0 spiro atoms. The van der Waals surface area contributed by atoms with Gasteiger partial charge in [-0.15, -0.1) is 0 Å². The number of rotatable bonds is 8. The number of unbranched alkanes of at least 4 members (excludes halogenated alkanes) is 1. The molecule has 0 bridgehead atoms. The summed E-state index contributed by atoms with van der Waals surface area (Å²) in [5, 5.41) is 9.89. The van der Waals surface area contributed by atoms with Crippen LogP contribution in [0.3, 0.4) is 0 Å². The van der Waals surface area contributed by atoms with Gasteiger partial charge in [0.15, 0.2) is 6.10 Å². The van der Waals surface area contributed by atoms with Crippen molar-refractivity contribution in [2.45, 2.75) is 55.6 Å². The van der Waals surface area contributed by atoms with E-state index < -0.39 is 12.1 Å². The van der Waals surface area contributed by atoms with Crippen LogP contribution in [0.1, 0.15) is 50.2 Å². The minimum absolute atomic E-state index is 0.311. The summed E-state index contributed by atoms with van der Waals surface area (Å²) in [6.45, 7) is 1.00. The first kappa shape index (κ1) is 18.4. The Hall–Kier alpha value is -0.910. The smallest absolute Gasteiger partial charge is 0.339 e. The Kier molecular flexibility index (Phi) is 8.06. The minimum Gasteiger partial charge on any atom is -0.464 e. The van der Waals surface area contributed by atoms with E-state index in [4.69, 9.17) is 9.47 Å². The molecule has 0 heterocycles. The third kappa shape index (κ3) is 6.24. The van der Waals surface area contributed by atoms with E-state index in [9.17, 15) is 9.90 Å². The van der Waals surface area contributed by atoms with Gasteiger partial charge in [-0.2, -0.15) is 0 Å². The van der Waals surface area contributed by atoms with Crippen LogP contribution in [0.25, 0.3) is 0 Å². The number of hydrogen-bond donors (Lipinski definition) is 1. The Morgan fingerprint density at radius 2 is 1.87 bits per heavy atom. The van der Waals surface area contributed by atoms with Crippen molar-refractivity contribution in [3.8, 4) is 0 Å². The zero-order chi connectivity index (χ0) is 16.5. The standard InChI is InChI=1S/C18H25BrO4/c19-15-10-4-5-11-16(15)22-12-6-7-13-23-18(21)17(20)14-8-2-1-3-9-14/h1-3,8-9,15-17,20H,4-7,10-13H2/t15-,16-,17-/m1/s1. The van der Waals surface area contributed by atoms with Crippen LogP contribution >= 0.6 is 15.9 Å². The molecule has 2 rings (SSSR count). The molecule has 1 aromatic rings. The minimum atomic E-state index is -1.20. The molecule has 1 aliphatic carbocycles. The van der Waals surface area contributed by atoms with E-state index in [1.54, 1.807) is 24.3 Å². The van der Waals surface area contributed by atoms with Crippen LogP contribution in [0.5, 0.6) is 0 Å². The SMILES string of the molecule is O=C(OCCCCO[C@@H]1CCCC[C@H]1Br)[C@H](O)c1ccccc1. The highest BCUT2D eigenvalue weighted by Gasteiger charge is 2.23. The Bertz CT molecular complexity index is 465. The number of hydrogen-bond acceptors (Lipinski definition) is 4. The second-order valence-electron chi connectivity index (χ2n) is 5.90. The summed E-state index contributed by atoms with van der Waals surface area (Å²) in [6.07, 6.45) is 5.51. The molecular weight excluding hydrogens is 360 g/mol. The molecule has 1 saturated carbocycles. The van der Waals surface area contributed by atoms with Gasteiger partial charge in [-0.1, -0.05) is 59.1 Å². The molecule has 1 aliphatic rings. The molecule has 0 radical (unpaired) electrons. The van der Waals surface area contributed by atoms with Crippen molar-refractivity contribution in [1.82, 2.24) is 0 Å². The molecule has 5 heteroatoms. The number of carbonyl (C=O) groups is 1. The maximum atomic E-state index is 11.8. The topological polar surface area (TPSA) is 55.8 Å². The lowest BCUT2D eigenvalue weighted by atomic mass is 9.97. The molecular formula is C18H25BrO4. The molecule has 0 aliphatic heterocycles. The van der Waals surface area contributed by atoms with Gasteiger partial charge < -0.3 is 14.6 Å². The average molecular weight is 385 g/mol. The van der Waals surface area contributed by atoms with E-state index in [0.29, 0.717) is 29.7 Å². The molecule has 4 nitrogen and oxygen atoms in total. The van der Waals surface area contributed by atoms with Crippen LogP contribution in [-0.2, 0) is 14.3 Å². The summed E-state index contributed by atoms with van der Waals surface area (Å²) in [5.74, 6) is -0.593. The third-order valence-electron chi connectivity index (χ3n) is 4.08. The highest BCUT2D eigenvalue weighted by molar-refractivity contribution is 9.09. The first-order valence-corrected chi connectivity index (χ1v) is 9.25. The summed E-state index contributed by atoms with van der Waals surface area (Å²) in [5.41, 5.74) is 0.557. The second-order valence-corrected chi connectivity index (χ2v) is 7.07. The maximum Gasteiger partial charge on any atom is 0.339 e. The number of benzene rings is 1. The van der Waals surface area contributed by atoms with Crippen molar-refractivity contribution >= 4 is 21.9 Å². The van der Waals surface area contributed by atoms with E-state index in [-0.39, 0.29) is 0 Å². The fraction of sp³-hybridized carbons (Fsp3) is 0.611. The number of aliphatic hydroxyl groups is 1. The zero-order valence-corrected chi connectivity index (χ0v) is 14.9. The zero-order valence-electron chi connectivity index (χ0n) is 13.3. The van der Waals surface area contributed by atoms with Gasteiger partial charge in [0.25, 0.3) is 0 Å². The number of halogens is 1. The van der Waals surface area contributed by atoms with Gasteiger partial charge >= 0.3 is 5.97 Å². The van der Waals surface area contributed by atoms with E-state index in [0.717, 1.165) is 19.3 Å². The lowest BCUT2D eigenvalue weighted by molar-refractivity contribution is -0.154. The van der Waals surface area contributed by atoms with Crippen molar-refractivity contribution in [2.75, 3.05) is 13.2 Å². The number of carbonyl (C=O) groups excluding carboxylic acids is 1. The monoisotopic (exact) mass is 384 g/mol. The molecule has 0 unspecified atom stereocenters. The lowest BCUT2D eigenvalue weighted by Gasteiger charge is -2.27. The van der Waals surface area contributed by atoms with Crippen molar-refractivity contribution < 1.29 is 19.4 Å². The van der Waals surface area contributed by atoms with Crippen LogP contribution in [0, 0.1) is 0 Å². The quantitative estimate of drug-likeness (QED) is 0.421. The van der Waals surface area contributed by atoms with E-state index in [2.05, 4.69) is 15.9 Å². The number of alkyl halides is 1. The summed E-state index contributed by atoms with van der Waals surface area (Å²) < 4.78 is 11.0. The largest absolute Gasteiger partial charge is 0.464 e. The molecule has 0 aromatic heterocycles. The first-order valence-electron chi connectivity index (χ1n) is 8.34. The van der Waals surface area contributed by atoms with Gasteiger partial charge in [-0.05, 0) is 31.2 Å². The molecule has 1 aromatic carbocycles. The fourth-order valence-electron chi connectivity index (χ4n) is 2.70. The van der Waals surface area contributed by atoms with Gasteiger partial charge in [-0.3, -0.25) is 0 Å². The number of esters is 1. The Labute approximate surface area is 146 Å². The number of ether oxygens (including phenoxy) is 2. The van der Waals surface area contributed by atoms with E-state index in [1.807, 2.05) is 6.07 Å². The van der Waals surface area contributed by atoms with Crippen LogP contribution in [0.15, 0.2) is 30.3 Å². The molecule has 1 fully saturated rings. The molecule has 0 amide bonds. The van der Waals surface area contributed by atoms with Crippen LogP contribution < -0.4 is 0 Å². The molecule has 3 atom stereocenters. The van der Waals surface area contributed by atoms with Gasteiger partial charge in [0.05, 0.1) is 12.7 Å². The molecule has 23 heavy (non-hydrogen) atoms. The highest BCUT2D eigenvalue weighted by Crippen LogP contribution is 2.26. The fourth-order valence-corrected chi connectivity index (χ4v) is 3.44. The Morgan fingerprint density at radius 1 is 1.17 bits per heavy atom. The van der Waals surface area contributed by atoms with Gasteiger partial charge in [0.1, 0.15) is 0 Å². The first-order chi connectivity index (χ1) is 11.2. The normalized spacial score (nSPS) is 22.5. The summed E-state index contributed by atoms with van der Waals surface area (Å²) >= 11 is 3.67. The van der Waals surface area contributed by atoms with Crippen LogP contribution in [-0.4, -0.2) is 35.2 Å². The van der Waals surface area contributed by atoms with E-state index in [1.165, 1.54) is 19.3 Å². The molecule has 0 saturated heterocycles. The highest BCUT2D eigenvalue weighted by atomic mass is 79.9. The van der Waals surface area contributed by atoms with Crippen molar-refractivity contribution in [3.05, 3.63) is 35.9 Å². The predicted octanol–water partition coefficient (Wildman–Crippen LogP) is 3.77.